The van der Waals surface area contributed by atoms with Gasteiger partial charge in [-0.15, -0.1) is 0 Å². The number of hydrogen-bond donors (Lipinski definition) is 1. The summed E-state index contributed by atoms with van der Waals surface area (Å²) in [5.41, 5.74) is 2.17. The molecular weight excluding hydrogens is 331 g/mol. The molecule has 0 aromatic heterocycles. The van der Waals surface area contributed by atoms with Crippen molar-refractivity contribution in [2.24, 2.45) is 0 Å². The Kier molecular flexibility index (Phi) is 6.50. The molecule has 0 aliphatic carbocycles. The molecule has 0 radical (unpaired) electrons. The van der Waals surface area contributed by atoms with Crippen LogP contribution in [0.4, 0.5) is 4.39 Å². The third kappa shape index (κ3) is 4.75. The smallest absolute Gasteiger partial charge is 0.176 e. The standard InChI is InChI=1S/C21H25FN2O2/c1-16-7-8-18(13-19(16)22)21(25)15-23-14-20(17-5-3-2-4-6-17)24-9-11-26-12-10-24/h2-8,13,20,23H,9-12,14-15H2,1H3. The number of carbonyl (C=O) groups excluding carboxylic acids is 1. The average molecular weight is 356 g/mol. The molecule has 5 heteroatoms. The zero-order valence-electron chi connectivity index (χ0n) is 15.1. The summed E-state index contributed by atoms with van der Waals surface area (Å²) in [4.78, 5) is 14.7. The van der Waals surface area contributed by atoms with E-state index in [0.29, 0.717) is 17.7 Å². The summed E-state index contributed by atoms with van der Waals surface area (Å²) in [5, 5.41) is 3.26. The molecule has 0 bridgehead atoms. The molecule has 0 spiro atoms. The third-order valence-corrected chi connectivity index (χ3v) is 4.79. The van der Waals surface area contributed by atoms with Crippen LogP contribution in [-0.2, 0) is 4.74 Å². The molecule has 1 saturated heterocycles. The average Bonchev–Trinajstić information content (AvgIpc) is 2.68. The predicted octanol–water partition coefficient (Wildman–Crippen LogP) is 2.98. The second-order valence-corrected chi connectivity index (χ2v) is 6.59. The Labute approximate surface area is 154 Å². The second kappa shape index (κ2) is 9.03. The molecule has 2 aromatic rings. The van der Waals surface area contributed by atoms with Crippen molar-refractivity contribution in [3.8, 4) is 0 Å². The molecule has 1 fully saturated rings. The van der Waals surface area contributed by atoms with Crippen molar-refractivity contribution >= 4 is 5.78 Å². The van der Waals surface area contributed by atoms with Gasteiger partial charge in [-0.2, -0.15) is 0 Å². The van der Waals surface area contributed by atoms with Gasteiger partial charge in [0.1, 0.15) is 5.82 Å². The maximum Gasteiger partial charge on any atom is 0.176 e. The van der Waals surface area contributed by atoms with E-state index in [9.17, 15) is 9.18 Å². The number of ketones is 1. The normalized spacial score (nSPS) is 16.4. The first-order valence-electron chi connectivity index (χ1n) is 9.02. The highest BCUT2D eigenvalue weighted by molar-refractivity contribution is 5.97. The fraction of sp³-hybridized carbons (Fsp3) is 0.381. The highest BCUT2D eigenvalue weighted by Crippen LogP contribution is 2.21. The number of aryl methyl sites for hydroxylation is 1. The van der Waals surface area contributed by atoms with Crippen LogP contribution >= 0.6 is 0 Å². The van der Waals surface area contributed by atoms with Crippen LogP contribution in [0.25, 0.3) is 0 Å². The van der Waals surface area contributed by atoms with E-state index in [-0.39, 0.29) is 24.2 Å². The molecule has 1 unspecified atom stereocenters. The van der Waals surface area contributed by atoms with Crippen molar-refractivity contribution in [3.63, 3.8) is 0 Å². The molecule has 1 atom stereocenters. The number of carbonyl (C=O) groups is 1. The van der Waals surface area contributed by atoms with Gasteiger partial charge in [-0.25, -0.2) is 4.39 Å². The maximum absolute atomic E-state index is 13.7. The highest BCUT2D eigenvalue weighted by Gasteiger charge is 2.22. The zero-order chi connectivity index (χ0) is 18.4. The molecule has 2 aromatic carbocycles. The van der Waals surface area contributed by atoms with E-state index in [4.69, 9.17) is 4.74 Å². The second-order valence-electron chi connectivity index (χ2n) is 6.59. The van der Waals surface area contributed by atoms with E-state index in [1.807, 2.05) is 18.2 Å². The van der Waals surface area contributed by atoms with Crippen molar-refractivity contribution in [1.82, 2.24) is 10.2 Å². The molecule has 26 heavy (non-hydrogen) atoms. The van der Waals surface area contributed by atoms with Gasteiger partial charge in [0.2, 0.25) is 0 Å². The zero-order valence-corrected chi connectivity index (χ0v) is 15.1. The van der Waals surface area contributed by atoms with Crippen molar-refractivity contribution in [3.05, 3.63) is 71.0 Å². The third-order valence-electron chi connectivity index (χ3n) is 4.79. The van der Waals surface area contributed by atoms with Crippen LogP contribution in [0.1, 0.15) is 27.5 Å². The molecule has 1 heterocycles. The summed E-state index contributed by atoms with van der Waals surface area (Å²) in [5.74, 6) is -0.441. The molecule has 0 amide bonds. The van der Waals surface area contributed by atoms with Crippen LogP contribution in [0, 0.1) is 12.7 Å². The number of nitrogens with zero attached hydrogens (tertiary/aromatic N) is 1. The van der Waals surface area contributed by atoms with E-state index < -0.39 is 0 Å². The van der Waals surface area contributed by atoms with Crippen LogP contribution < -0.4 is 5.32 Å². The lowest BCUT2D eigenvalue weighted by Crippen LogP contribution is -2.43. The summed E-state index contributed by atoms with van der Waals surface area (Å²) in [6.45, 7) is 5.74. The number of rotatable bonds is 7. The van der Waals surface area contributed by atoms with E-state index in [2.05, 4.69) is 22.3 Å². The van der Waals surface area contributed by atoms with Gasteiger partial charge in [-0.3, -0.25) is 9.69 Å². The first-order chi connectivity index (χ1) is 12.6. The molecule has 138 valence electrons. The Morgan fingerprint density at radius 3 is 2.62 bits per heavy atom. The van der Waals surface area contributed by atoms with Gasteiger partial charge in [-0.1, -0.05) is 42.5 Å². The Bertz CT molecular complexity index is 730. The van der Waals surface area contributed by atoms with Crippen LogP contribution in [0.15, 0.2) is 48.5 Å². The Hall–Kier alpha value is -2.08. The number of nitrogens with one attached hydrogen (secondary N) is 1. The van der Waals surface area contributed by atoms with Crippen LogP contribution in [0.5, 0.6) is 0 Å². The number of benzene rings is 2. The Balaban J connectivity index is 1.62. The van der Waals surface area contributed by atoms with E-state index in [1.54, 1.807) is 19.1 Å². The molecule has 1 N–H and O–H groups in total. The summed E-state index contributed by atoms with van der Waals surface area (Å²) in [6.07, 6.45) is 0. The topological polar surface area (TPSA) is 41.6 Å². The number of halogens is 1. The molecule has 1 aliphatic heterocycles. The molecular formula is C21H25FN2O2. The molecule has 1 aliphatic rings. The van der Waals surface area contributed by atoms with Gasteiger partial charge in [0.25, 0.3) is 0 Å². The predicted molar refractivity (Wildman–Crippen MR) is 99.9 cm³/mol. The van der Waals surface area contributed by atoms with E-state index >= 15 is 0 Å². The van der Waals surface area contributed by atoms with E-state index in [1.165, 1.54) is 11.6 Å². The lowest BCUT2D eigenvalue weighted by Gasteiger charge is -2.35. The number of morpholine rings is 1. The first-order valence-corrected chi connectivity index (χ1v) is 9.02. The van der Waals surface area contributed by atoms with Gasteiger partial charge in [0.05, 0.1) is 19.8 Å². The summed E-state index contributed by atoms with van der Waals surface area (Å²) < 4.78 is 19.1. The summed E-state index contributed by atoms with van der Waals surface area (Å²) in [7, 11) is 0. The maximum atomic E-state index is 13.7. The monoisotopic (exact) mass is 356 g/mol. The van der Waals surface area contributed by atoms with E-state index in [0.717, 1.165) is 26.3 Å². The lowest BCUT2D eigenvalue weighted by molar-refractivity contribution is 0.0162. The van der Waals surface area contributed by atoms with Gasteiger partial charge in [0.15, 0.2) is 5.78 Å². The fourth-order valence-corrected chi connectivity index (χ4v) is 3.21. The van der Waals surface area contributed by atoms with Crippen molar-refractivity contribution in [1.29, 1.82) is 0 Å². The lowest BCUT2D eigenvalue weighted by atomic mass is 10.0. The quantitative estimate of drug-likeness (QED) is 0.775. The van der Waals surface area contributed by atoms with Crippen molar-refractivity contribution in [2.75, 3.05) is 39.4 Å². The van der Waals surface area contributed by atoms with Crippen LogP contribution in [0.3, 0.4) is 0 Å². The van der Waals surface area contributed by atoms with Gasteiger partial charge < -0.3 is 10.1 Å². The minimum atomic E-state index is -0.341. The molecule has 4 nitrogen and oxygen atoms in total. The fourth-order valence-electron chi connectivity index (χ4n) is 3.21. The van der Waals surface area contributed by atoms with Gasteiger partial charge in [0, 0.05) is 31.2 Å². The van der Waals surface area contributed by atoms with Gasteiger partial charge in [-0.05, 0) is 24.1 Å². The van der Waals surface area contributed by atoms with Crippen LogP contribution in [-0.4, -0.2) is 50.1 Å². The summed E-state index contributed by atoms with van der Waals surface area (Å²) >= 11 is 0. The number of hydrogen-bond acceptors (Lipinski definition) is 4. The highest BCUT2D eigenvalue weighted by atomic mass is 19.1. The minimum absolute atomic E-state index is 0.0994. The van der Waals surface area contributed by atoms with Crippen molar-refractivity contribution in [2.45, 2.75) is 13.0 Å². The molecule has 0 saturated carbocycles. The Morgan fingerprint density at radius 1 is 1.19 bits per heavy atom. The number of Topliss-reactive ketones (excluding diaryl/α,β-unsaturated/α-hetero) is 1. The number of ether oxygens (including phenoxy) is 1. The van der Waals surface area contributed by atoms with Gasteiger partial charge >= 0.3 is 0 Å². The summed E-state index contributed by atoms with van der Waals surface area (Å²) in [6, 6.07) is 15.1. The van der Waals surface area contributed by atoms with Crippen molar-refractivity contribution < 1.29 is 13.9 Å². The SMILES string of the molecule is Cc1ccc(C(=O)CNCC(c2ccccc2)N2CCOCC2)cc1F. The largest absolute Gasteiger partial charge is 0.379 e. The first kappa shape index (κ1) is 18.7. The minimum Gasteiger partial charge on any atom is -0.379 e. The Morgan fingerprint density at radius 2 is 1.92 bits per heavy atom. The van der Waals surface area contributed by atoms with Crippen LogP contribution in [0.2, 0.25) is 0 Å². The molecule has 3 rings (SSSR count).